The third-order valence-corrected chi connectivity index (χ3v) is 4.21. The molecule has 0 bridgehead atoms. The summed E-state index contributed by atoms with van der Waals surface area (Å²) in [6.07, 6.45) is 1.95. The van der Waals surface area contributed by atoms with Crippen molar-refractivity contribution in [3.63, 3.8) is 0 Å². The van der Waals surface area contributed by atoms with E-state index in [1.807, 2.05) is 10.9 Å². The monoisotopic (exact) mass is 292 g/mol. The molecule has 4 nitrogen and oxygen atoms in total. The van der Waals surface area contributed by atoms with Gasteiger partial charge in [0, 0.05) is 28.6 Å². The van der Waals surface area contributed by atoms with E-state index in [-0.39, 0.29) is 5.41 Å². The molecule has 0 atom stereocenters. The van der Waals surface area contributed by atoms with Crippen molar-refractivity contribution in [3.8, 4) is 0 Å². The van der Waals surface area contributed by atoms with Crippen LogP contribution >= 0.6 is 11.3 Å². The molecule has 1 N–H and O–H groups in total. The summed E-state index contributed by atoms with van der Waals surface area (Å²) in [6, 6.07) is 0. The number of thiazole rings is 1. The maximum Gasteiger partial charge on any atom is 0.114 e. The molecule has 110 valence electrons. The van der Waals surface area contributed by atoms with Crippen molar-refractivity contribution in [2.45, 2.75) is 53.1 Å². The average Bonchev–Trinajstić information content (AvgIpc) is 2.96. The second-order valence-corrected chi connectivity index (χ2v) is 7.01. The highest BCUT2D eigenvalue weighted by Gasteiger charge is 2.18. The summed E-state index contributed by atoms with van der Waals surface area (Å²) in [4.78, 5) is 4.73. The molecule has 0 spiro atoms. The highest BCUT2D eigenvalue weighted by atomic mass is 32.1. The molecule has 20 heavy (non-hydrogen) atoms. The summed E-state index contributed by atoms with van der Waals surface area (Å²) in [7, 11) is 0. The lowest BCUT2D eigenvalue weighted by atomic mass is 9.93. The maximum atomic E-state index is 4.73. The van der Waals surface area contributed by atoms with Crippen LogP contribution in [-0.4, -0.2) is 21.3 Å². The lowest BCUT2D eigenvalue weighted by Gasteiger charge is -2.14. The van der Waals surface area contributed by atoms with E-state index in [1.54, 1.807) is 11.3 Å². The van der Waals surface area contributed by atoms with Crippen LogP contribution < -0.4 is 5.32 Å². The molecule has 2 heterocycles. The predicted molar refractivity (Wildman–Crippen MR) is 84.3 cm³/mol. The van der Waals surface area contributed by atoms with Gasteiger partial charge in [-0.2, -0.15) is 5.10 Å². The van der Waals surface area contributed by atoms with Crippen molar-refractivity contribution in [3.05, 3.63) is 33.5 Å². The van der Waals surface area contributed by atoms with Crippen LogP contribution in [0.15, 0.2) is 11.6 Å². The molecule has 0 amide bonds. The van der Waals surface area contributed by atoms with Crippen LogP contribution in [0.4, 0.5) is 0 Å². The number of nitrogens with one attached hydrogen (secondary N) is 1. The summed E-state index contributed by atoms with van der Waals surface area (Å²) >= 11 is 1.72. The van der Waals surface area contributed by atoms with Gasteiger partial charge in [-0.1, -0.05) is 27.7 Å². The zero-order valence-corrected chi connectivity index (χ0v) is 13.8. The predicted octanol–water partition coefficient (Wildman–Crippen LogP) is 3.10. The topological polar surface area (TPSA) is 42.7 Å². The molecule has 2 aromatic heterocycles. The SMILES string of the molecule is CCNCc1cnn(Cc2nc(C(C)(C)C)cs2)c1C. The van der Waals surface area contributed by atoms with E-state index in [0.717, 1.165) is 30.3 Å². The Balaban J connectivity index is 2.10. The van der Waals surface area contributed by atoms with Gasteiger partial charge in [0.15, 0.2) is 0 Å². The van der Waals surface area contributed by atoms with Gasteiger partial charge >= 0.3 is 0 Å². The van der Waals surface area contributed by atoms with Gasteiger partial charge in [-0.05, 0) is 13.5 Å². The normalized spacial score (nSPS) is 12.1. The van der Waals surface area contributed by atoms with Gasteiger partial charge in [-0.25, -0.2) is 4.98 Å². The number of hydrogen-bond donors (Lipinski definition) is 1. The van der Waals surface area contributed by atoms with Crippen LogP contribution in [0.1, 0.15) is 49.7 Å². The molecule has 0 saturated carbocycles. The van der Waals surface area contributed by atoms with Gasteiger partial charge in [0.1, 0.15) is 5.01 Å². The van der Waals surface area contributed by atoms with Crippen molar-refractivity contribution >= 4 is 11.3 Å². The summed E-state index contributed by atoms with van der Waals surface area (Å²) in [5.74, 6) is 0. The van der Waals surface area contributed by atoms with Crippen LogP contribution in [-0.2, 0) is 18.5 Å². The molecule has 0 aromatic carbocycles. The molecule has 0 aliphatic rings. The molecule has 0 fully saturated rings. The van der Waals surface area contributed by atoms with Crippen molar-refractivity contribution < 1.29 is 0 Å². The average molecular weight is 292 g/mol. The Hall–Kier alpha value is -1.20. The van der Waals surface area contributed by atoms with Crippen LogP contribution in [0.2, 0.25) is 0 Å². The van der Waals surface area contributed by atoms with Gasteiger partial charge < -0.3 is 5.32 Å². The smallest absolute Gasteiger partial charge is 0.114 e. The Morgan fingerprint density at radius 3 is 2.70 bits per heavy atom. The van der Waals surface area contributed by atoms with Gasteiger partial charge in [0.05, 0.1) is 18.4 Å². The van der Waals surface area contributed by atoms with Crippen LogP contribution in [0.3, 0.4) is 0 Å². The van der Waals surface area contributed by atoms with Crippen molar-refractivity contribution in [1.82, 2.24) is 20.1 Å². The fraction of sp³-hybridized carbons (Fsp3) is 0.600. The first kappa shape index (κ1) is 15.2. The lowest BCUT2D eigenvalue weighted by Crippen LogP contribution is -2.13. The van der Waals surface area contributed by atoms with E-state index in [0.29, 0.717) is 0 Å². The Labute approximate surface area is 125 Å². The molecule has 0 aliphatic heterocycles. The molecular weight excluding hydrogens is 268 g/mol. The first-order chi connectivity index (χ1) is 9.41. The van der Waals surface area contributed by atoms with E-state index in [1.165, 1.54) is 11.3 Å². The summed E-state index contributed by atoms with van der Waals surface area (Å²) < 4.78 is 2.04. The summed E-state index contributed by atoms with van der Waals surface area (Å²) in [5.41, 5.74) is 3.76. The van der Waals surface area contributed by atoms with E-state index >= 15 is 0 Å². The van der Waals surface area contributed by atoms with Crippen molar-refractivity contribution in [2.24, 2.45) is 0 Å². The Morgan fingerprint density at radius 1 is 1.35 bits per heavy atom. The zero-order valence-electron chi connectivity index (χ0n) is 13.0. The fourth-order valence-electron chi connectivity index (χ4n) is 1.93. The molecule has 0 saturated heterocycles. The molecular formula is C15H24N4S. The minimum absolute atomic E-state index is 0.115. The quantitative estimate of drug-likeness (QED) is 0.921. The molecule has 2 aromatic rings. The van der Waals surface area contributed by atoms with E-state index < -0.39 is 0 Å². The van der Waals surface area contributed by atoms with E-state index in [9.17, 15) is 0 Å². The Bertz CT molecular complexity index is 563. The van der Waals surface area contributed by atoms with Crippen LogP contribution in [0, 0.1) is 6.92 Å². The zero-order chi connectivity index (χ0) is 14.8. The summed E-state index contributed by atoms with van der Waals surface area (Å²) in [6.45, 7) is 13.4. The van der Waals surface area contributed by atoms with E-state index in [2.05, 4.69) is 50.4 Å². The van der Waals surface area contributed by atoms with Gasteiger partial charge in [-0.3, -0.25) is 4.68 Å². The summed E-state index contributed by atoms with van der Waals surface area (Å²) in [5, 5.41) is 11.1. The highest BCUT2D eigenvalue weighted by Crippen LogP contribution is 2.24. The molecule has 2 rings (SSSR count). The largest absolute Gasteiger partial charge is 0.313 e. The van der Waals surface area contributed by atoms with Crippen LogP contribution in [0.25, 0.3) is 0 Å². The second-order valence-electron chi connectivity index (χ2n) is 6.07. The fourth-order valence-corrected chi connectivity index (χ4v) is 2.94. The molecule has 0 aliphatic carbocycles. The van der Waals surface area contributed by atoms with Gasteiger partial charge in [0.25, 0.3) is 0 Å². The maximum absolute atomic E-state index is 4.73. The minimum Gasteiger partial charge on any atom is -0.313 e. The molecule has 0 unspecified atom stereocenters. The minimum atomic E-state index is 0.115. The molecule has 0 radical (unpaired) electrons. The third kappa shape index (κ3) is 3.46. The van der Waals surface area contributed by atoms with Gasteiger partial charge in [0.2, 0.25) is 0 Å². The standard InChI is InChI=1S/C15H24N4S/c1-6-16-7-12-8-17-19(11(12)2)9-14-18-13(10-20-14)15(3,4)5/h8,10,16H,6-7,9H2,1-5H3. The van der Waals surface area contributed by atoms with Crippen molar-refractivity contribution in [1.29, 1.82) is 0 Å². The first-order valence-electron chi connectivity index (χ1n) is 7.08. The lowest BCUT2D eigenvalue weighted by molar-refractivity contribution is 0.567. The van der Waals surface area contributed by atoms with Gasteiger partial charge in [-0.15, -0.1) is 11.3 Å². The number of nitrogens with zero attached hydrogens (tertiary/aromatic N) is 3. The number of hydrogen-bond acceptors (Lipinski definition) is 4. The first-order valence-corrected chi connectivity index (χ1v) is 7.96. The Morgan fingerprint density at radius 2 is 2.10 bits per heavy atom. The highest BCUT2D eigenvalue weighted by molar-refractivity contribution is 7.09. The van der Waals surface area contributed by atoms with Crippen LogP contribution in [0.5, 0.6) is 0 Å². The van der Waals surface area contributed by atoms with E-state index in [4.69, 9.17) is 4.98 Å². The Kier molecular flexibility index (Phi) is 4.60. The number of aromatic nitrogens is 3. The molecule has 5 heteroatoms. The second kappa shape index (κ2) is 6.06. The third-order valence-electron chi connectivity index (χ3n) is 3.38. The number of rotatable bonds is 5. The van der Waals surface area contributed by atoms with Crippen molar-refractivity contribution in [2.75, 3.05) is 6.54 Å².